The van der Waals surface area contributed by atoms with Crippen molar-refractivity contribution in [2.24, 2.45) is 0 Å². The molecule has 1 aliphatic heterocycles. The lowest BCUT2D eigenvalue weighted by atomic mass is 9.95. The molecule has 3 aromatic rings. The highest BCUT2D eigenvalue weighted by Gasteiger charge is 2.49. The second-order valence-corrected chi connectivity index (χ2v) is 8.61. The summed E-state index contributed by atoms with van der Waals surface area (Å²) in [6.07, 6.45) is 0. The van der Waals surface area contributed by atoms with Crippen molar-refractivity contribution in [3.05, 3.63) is 68.1 Å². The summed E-state index contributed by atoms with van der Waals surface area (Å²) in [6.45, 7) is 1.79. The minimum Gasteiger partial charge on any atom is -0.346 e. The third-order valence-corrected chi connectivity index (χ3v) is 6.28. The lowest BCUT2D eigenvalue weighted by Gasteiger charge is -2.20. The van der Waals surface area contributed by atoms with E-state index in [4.69, 9.17) is 0 Å². The molecule has 8 nitrogen and oxygen atoms in total. The number of aromatic nitrogens is 2. The number of imide groups is 1. The minimum absolute atomic E-state index is 0.0761. The Balaban J connectivity index is 1.40. The molecule has 30 heavy (non-hydrogen) atoms. The quantitative estimate of drug-likeness (QED) is 0.568. The van der Waals surface area contributed by atoms with Crippen molar-refractivity contribution in [3.63, 3.8) is 0 Å². The number of halogens is 1. The van der Waals surface area contributed by atoms with Gasteiger partial charge >= 0.3 is 6.03 Å². The molecule has 1 aliphatic rings. The number of amides is 4. The molecule has 1 saturated heterocycles. The monoisotopic (exact) mass is 445 g/mol. The molecule has 0 spiro atoms. The Morgan fingerprint density at radius 2 is 2.00 bits per heavy atom. The van der Waals surface area contributed by atoms with Crippen LogP contribution in [0.2, 0.25) is 0 Å². The predicted octanol–water partition coefficient (Wildman–Crippen LogP) is 2.64. The van der Waals surface area contributed by atoms with E-state index >= 15 is 0 Å². The van der Waals surface area contributed by atoms with Crippen LogP contribution in [-0.4, -0.2) is 32.9 Å². The van der Waals surface area contributed by atoms with E-state index in [1.165, 1.54) is 23.5 Å². The number of hydrogen-bond donors (Lipinski definition) is 2. The van der Waals surface area contributed by atoms with Crippen molar-refractivity contribution >= 4 is 40.5 Å². The first-order valence-corrected chi connectivity index (χ1v) is 10.6. The van der Waals surface area contributed by atoms with Crippen LogP contribution in [0.5, 0.6) is 0 Å². The first-order chi connectivity index (χ1) is 14.4. The van der Waals surface area contributed by atoms with Crippen molar-refractivity contribution in [1.29, 1.82) is 0 Å². The zero-order chi connectivity index (χ0) is 21.3. The fraction of sp³-hybridized carbons (Fsp3) is 0.211. The third kappa shape index (κ3) is 3.81. The van der Waals surface area contributed by atoms with Crippen LogP contribution in [0.4, 0.5) is 9.18 Å². The van der Waals surface area contributed by atoms with Gasteiger partial charge in [0.25, 0.3) is 11.8 Å². The molecule has 154 valence electrons. The van der Waals surface area contributed by atoms with E-state index < -0.39 is 17.5 Å². The van der Waals surface area contributed by atoms with Crippen molar-refractivity contribution in [2.75, 3.05) is 0 Å². The molecule has 1 unspecified atom stereocenters. The van der Waals surface area contributed by atoms with Crippen molar-refractivity contribution < 1.29 is 18.8 Å². The van der Waals surface area contributed by atoms with Gasteiger partial charge in [0.2, 0.25) is 5.01 Å². The smallest absolute Gasteiger partial charge is 0.325 e. The summed E-state index contributed by atoms with van der Waals surface area (Å²) < 4.78 is 12.9. The number of rotatable bonds is 6. The topological polar surface area (TPSA) is 104 Å². The van der Waals surface area contributed by atoms with Crippen LogP contribution in [-0.2, 0) is 23.4 Å². The maximum atomic E-state index is 12.9. The van der Waals surface area contributed by atoms with Crippen LogP contribution in [0, 0.1) is 5.82 Å². The van der Waals surface area contributed by atoms with Crippen LogP contribution < -0.4 is 10.6 Å². The molecule has 4 amide bonds. The largest absolute Gasteiger partial charge is 0.346 e. The number of benzene rings is 1. The van der Waals surface area contributed by atoms with E-state index in [0.29, 0.717) is 10.6 Å². The Hall–Kier alpha value is -3.18. The summed E-state index contributed by atoms with van der Waals surface area (Å²) in [7, 11) is 0. The van der Waals surface area contributed by atoms with Crippen molar-refractivity contribution in [1.82, 2.24) is 25.7 Å². The van der Waals surface area contributed by atoms with Gasteiger partial charge < -0.3 is 10.6 Å². The SMILES string of the molecule is CC1(c2ccsc2)NC(=O)N(Cc2nnc(C(=O)NCc3ccc(F)cc3)s2)C1=O. The van der Waals surface area contributed by atoms with Crippen LogP contribution >= 0.6 is 22.7 Å². The fourth-order valence-corrected chi connectivity index (χ4v) is 4.50. The van der Waals surface area contributed by atoms with Gasteiger partial charge in [0, 0.05) is 6.54 Å². The summed E-state index contributed by atoms with van der Waals surface area (Å²) in [4.78, 5) is 38.6. The standard InChI is InChI=1S/C19H16FN5O3S2/c1-19(12-6-7-29-10-12)17(27)25(18(28)22-19)9-14-23-24-16(30-14)15(26)21-8-11-2-4-13(20)5-3-11/h2-7,10H,8-9H2,1H3,(H,21,26)(H,22,28). The van der Waals surface area contributed by atoms with Crippen molar-refractivity contribution in [3.8, 4) is 0 Å². The zero-order valence-corrected chi connectivity index (χ0v) is 17.3. The van der Waals surface area contributed by atoms with Crippen molar-refractivity contribution in [2.45, 2.75) is 25.6 Å². The van der Waals surface area contributed by atoms with Gasteiger partial charge in [-0.25, -0.2) is 9.18 Å². The number of thiophene rings is 1. The normalized spacial score (nSPS) is 18.5. The van der Waals surface area contributed by atoms with Gasteiger partial charge in [-0.05, 0) is 47.0 Å². The maximum Gasteiger partial charge on any atom is 0.325 e. The Morgan fingerprint density at radius 3 is 2.70 bits per heavy atom. The number of nitrogens with zero attached hydrogens (tertiary/aromatic N) is 3. The average molecular weight is 446 g/mol. The van der Waals surface area contributed by atoms with Crippen LogP contribution in [0.3, 0.4) is 0 Å². The van der Waals surface area contributed by atoms with E-state index in [1.807, 2.05) is 10.8 Å². The Bertz CT molecular complexity index is 1100. The second-order valence-electron chi connectivity index (χ2n) is 6.77. The van der Waals surface area contributed by atoms with E-state index in [-0.39, 0.29) is 29.8 Å². The molecule has 0 aliphatic carbocycles. The molecular formula is C19H16FN5O3S2. The molecular weight excluding hydrogens is 429 g/mol. The van der Waals surface area contributed by atoms with E-state index in [9.17, 15) is 18.8 Å². The molecule has 4 rings (SSSR count). The van der Waals surface area contributed by atoms with Gasteiger partial charge in [-0.1, -0.05) is 23.5 Å². The van der Waals surface area contributed by atoms with E-state index in [0.717, 1.165) is 21.8 Å². The number of carbonyl (C=O) groups is 3. The molecule has 1 aromatic carbocycles. The molecule has 3 heterocycles. The van der Waals surface area contributed by atoms with E-state index in [2.05, 4.69) is 20.8 Å². The average Bonchev–Trinajstić information content (AvgIpc) is 3.46. The summed E-state index contributed by atoms with van der Waals surface area (Å²) in [6, 6.07) is 7.04. The molecule has 0 bridgehead atoms. The summed E-state index contributed by atoms with van der Waals surface area (Å²) in [5.74, 6) is -1.18. The van der Waals surface area contributed by atoms with Gasteiger partial charge in [0.1, 0.15) is 16.4 Å². The number of carbonyl (C=O) groups excluding carboxylic acids is 3. The number of hydrogen-bond acceptors (Lipinski definition) is 7. The molecule has 2 N–H and O–H groups in total. The first kappa shape index (κ1) is 20.1. The van der Waals surface area contributed by atoms with Gasteiger partial charge in [0.15, 0.2) is 0 Å². The van der Waals surface area contributed by atoms with Gasteiger partial charge in [-0.15, -0.1) is 10.2 Å². The molecule has 1 fully saturated rings. The molecule has 1 atom stereocenters. The maximum absolute atomic E-state index is 12.9. The summed E-state index contributed by atoms with van der Waals surface area (Å²) >= 11 is 2.44. The first-order valence-electron chi connectivity index (χ1n) is 8.88. The Morgan fingerprint density at radius 1 is 1.23 bits per heavy atom. The predicted molar refractivity (Wildman–Crippen MR) is 108 cm³/mol. The van der Waals surface area contributed by atoms with Gasteiger partial charge in [-0.3, -0.25) is 14.5 Å². The van der Waals surface area contributed by atoms with Crippen LogP contribution in [0.15, 0.2) is 41.1 Å². The highest BCUT2D eigenvalue weighted by Crippen LogP contribution is 2.31. The van der Waals surface area contributed by atoms with Crippen LogP contribution in [0.1, 0.15) is 32.9 Å². The summed E-state index contributed by atoms with van der Waals surface area (Å²) in [5.41, 5.74) is 0.324. The highest BCUT2D eigenvalue weighted by molar-refractivity contribution is 7.13. The van der Waals surface area contributed by atoms with E-state index in [1.54, 1.807) is 25.1 Å². The minimum atomic E-state index is -1.13. The van der Waals surface area contributed by atoms with Gasteiger partial charge in [0.05, 0.1) is 6.54 Å². The van der Waals surface area contributed by atoms with Gasteiger partial charge in [-0.2, -0.15) is 11.3 Å². The molecule has 0 radical (unpaired) electrons. The fourth-order valence-electron chi connectivity index (χ4n) is 2.99. The second kappa shape index (κ2) is 7.92. The highest BCUT2D eigenvalue weighted by atomic mass is 32.1. The Kier molecular flexibility index (Phi) is 5.31. The van der Waals surface area contributed by atoms with Crippen LogP contribution in [0.25, 0.3) is 0 Å². The third-order valence-electron chi connectivity index (χ3n) is 4.69. The zero-order valence-electron chi connectivity index (χ0n) is 15.7. The lowest BCUT2D eigenvalue weighted by Crippen LogP contribution is -2.40. The number of nitrogens with one attached hydrogen (secondary N) is 2. The molecule has 2 aromatic heterocycles. The lowest BCUT2D eigenvalue weighted by molar-refractivity contribution is -0.131. The Labute approximate surface area is 178 Å². The molecule has 0 saturated carbocycles. The summed E-state index contributed by atoms with van der Waals surface area (Å²) in [5, 5.41) is 17.3. The number of urea groups is 1. The molecule has 11 heteroatoms.